The number of amidine groups is 1. The van der Waals surface area contributed by atoms with Gasteiger partial charge in [-0.1, -0.05) is 19.1 Å². The molecule has 10 heteroatoms. The highest BCUT2D eigenvalue weighted by molar-refractivity contribution is 5.97. The van der Waals surface area contributed by atoms with Crippen LogP contribution in [-0.4, -0.2) is 93.0 Å². The zero-order chi connectivity index (χ0) is 26.3. The minimum absolute atomic E-state index is 0.139. The molecule has 4 heterocycles. The Bertz CT molecular complexity index is 1090. The Kier molecular flexibility index (Phi) is 8.95. The Balaban J connectivity index is 1.50. The van der Waals surface area contributed by atoms with Crippen LogP contribution in [0.2, 0.25) is 0 Å². The first-order valence-corrected chi connectivity index (χ1v) is 13.6. The van der Waals surface area contributed by atoms with Gasteiger partial charge in [-0.15, -0.1) is 0 Å². The molecule has 206 valence electrons. The summed E-state index contributed by atoms with van der Waals surface area (Å²) in [5, 5.41) is 12.7. The van der Waals surface area contributed by atoms with Crippen molar-refractivity contribution in [3.8, 4) is 0 Å². The Labute approximate surface area is 224 Å². The molecular formula is C28H39N5O5. The smallest absolute Gasteiger partial charge is 0.203 e. The van der Waals surface area contributed by atoms with Crippen molar-refractivity contribution in [1.82, 2.24) is 15.1 Å². The summed E-state index contributed by atoms with van der Waals surface area (Å²) in [6, 6.07) is 0. The Morgan fingerprint density at radius 1 is 1.29 bits per heavy atom. The predicted octanol–water partition coefficient (Wildman–Crippen LogP) is 2.63. The van der Waals surface area contributed by atoms with E-state index in [4.69, 9.17) is 23.9 Å². The van der Waals surface area contributed by atoms with E-state index < -0.39 is 0 Å². The number of fused-ring (bicyclic) bond motifs is 4. The van der Waals surface area contributed by atoms with Crippen LogP contribution >= 0.6 is 0 Å². The number of nitrogens with one attached hydrogen (secondary N) is 1. The van der Waals surface area contributed by atoms with E-state index in [1.807, 2.05) is 25.5 Å². The molecular weight excluding hydrogens is 486 g/mol. The summed E-state index contributed by atoms with van der Waals surface area (Å²) in [7, 11) is 2.00. The molecule has 5 aliphatic rings. The number of likely N-dealkylation sites (N-methyl/N-ethyl adjacent to an activating group) is 1. The number of aliphatic hydroxyl groups is 1. The van der Waals surface area contributed by atoms with E-state index in [0.29, 0.717) is 44.7 Å². The predicted molar refractivity (Wildman–Crippen MR) is 145 cm³/mol. The summed E-state index contributed by atoms with van der Waals surface area (Å²) >= 11 is 0. The number of nitrogens with zero attached hydrogens (tertiary/aromatic N) is 4. The Morgan fingerprint density at radius 2 is 2.21 bits per heavy atom. The molecule has 0 saturated carbocycles. The van der Waals surface area contributed by atoms with Crippen LogP contribution in [0.4, 0.5) is 0 Å². The van der Waals surface area contributed by atoms with Crippen LogP contribution in [-0.2, 0) is 18.9 Å². The van der Waals surface area contributed by atoms with Gasteiger partial charge >= 0.3 is 0 Å². The molecule has 0 amide bonds. The first-order chi connectivity index (χ1) is 18.6. The molecule has 0 spiro atoms. The van der Waals surface area contributed by atoms with Gasteiger partial charge in [-0.05, 0) is 37.8 Å². The first-order valence-electron chi connectivity index (χ1n) is 13.6. The quantitative estimate of drug-likeness (QED) is 0.490. The molecule has 10 nitrogen and oxygen atoms in total. The van der Waals surface area contributed by atoms with E-state index in [0.717, 1.165) is 66.5 Å². The summed E-state index contributed by atoms with van der Waals surface area (Å²) in [5.41, 5.74) is 2.99. The zero-order valence-corrected chi connectivity index (χ0v) is 22.4. The van der Waals surface area contributed by atoms with Gasteiger partial charge < -0.3 is 34.3 Å². The van der Waals surface area contributed by atoms with Crippen molar-refractivity contribution in [3.05, 3.63) is 58.7 Å². The van der Waals surface area contributed by atoms with Crippen LogP contribution in [0.15, 0.2) is 68.7 Å². The lowest BCUT2D eigenvalue weighted by molar-refractivity contribution is 0.0506. The monoisotopic (exact) mass is 525 g/mol. The fourth-order valence-corrected chi connectivity index (χ4v) is 5.01. The van der Waals surface area contributed by atoms with Gasteiger partial charge in [0.2, 0.25) is 5.88 Å². The Morgan fingerprint density at radius 3 is 3.11 bits per heavy atom. The van der Waals surface area contributed by atoms with Crippen molar-refractivity contribution in [2.75, 3.05) is 59.9 Å². The molecule has 0 aromatic heterocycles. The topological polar surface area (TPSA) is 100 Å². The van der Waals surface area contributed by atoms with Gasteiger partial charge in [-0.3, -0.25) is 14.9 Å². The van der Waals surface area contributed by atoms with E-state index in [9.17, 15) is 5.11 Å². The molecule has 0 aromatic carbocycles. The van der Waals surface area contributed by atoms with Crippen LogP contribution in [0.1, 0.15) is 32.6 Å². The van der Waals surface area contributed by atoms with Crippen LogP contribution in [0.5, 0.6) is 0 Å². The van der Waals surface area contributed by atoms with E-state index in [2.05, 4.69) is 39.2 Å². The second-order valence-electron chi connectivity index (χ2n) is 10.2. The highest BCUT2D eigenvalue weighted by atomic mass is 16.7. The molecule has 1 saturated heterocycles. The number of hydrogen-bond donors (Lipinski definition) is 2. The third-order valence-electron chi connectivity index (χ3n) is 7.09. The number of ether oxygens (including phenoxy) is 4. The number of rotatable bonds is 7. The molecule has 5 rings (SSSR count). The van der Waals surface area contributed by atoms with Crippen molar-refractivity contribution < 1.29 is 24.1 Å². The van der Waals surface area contributed by atoms with Crippen molar-refractivity contribution >= 4 is 12.1 Å². The first kappa shape index (κ1) is 26.7. The average Bonchev–Trinajstić information content (AvgIpc) is 3.39. The number of allylic oxidation sites excluding steroid dienone is 2. The molecule has 2 unspecified atom stereocenters. The van der Waals surface area contributed by atoms with Gasteiger partial charge in [0.15, 0.2) is 12.6 Å². The van der Waals surface area contributed by atoms with Gasteiger partial charge in [-0.2, -0.15) is 0 Å². The zero-order valence-electron chi connectivity index (χ0n) is 22.4. The molecule has 2 bridgehead atoms. The lowest BCUT2D eigenvalue weighted by atomic mass is 9.97. The van der Waals surface area contributed by atoms with E-state index in [1.165, 1.54) is 0 Å². The Hall–Kier alpha value is -2.92. The second kappa shape index (κ2) is 12.8. The van der Waals surface area contributed by atoms with Gasteiger partial charge in [-0.25, -0.2) is 0 Å². The van der Waals surface area contributed by atoms with Crippen LogP contribution in [0.25, 0.3) is 0 Å². The van der Waals surface area contributed by atoms with Crippen LogP contribution in [0, 0.1) is 5.92 Å². The number of aliphatic imine (C=N–C) groups is 2. The summed E-state index contributed by atoms with van der Waals surface area (Å²) in [4.78, 5) is 13.6. The molecule has 1 aliphatic carbocycles. The van der Waals surface area contributed by atoms with Crippen molar-refractivity contribution in [2.24, 2.45) is 15.9 Å². The molecule has 2 N–H and O–H groups in total. The van der Waals surface area contributed by atoms with Gasteiger partial charge in [0.1, 0.15) is 17.8 Å². The third-order valence-corrected chi connectivity index (χ3v) is 7.09. The van der Waals surface area contributed by atoms with Crippen molar-refractivity contribution in [3.63, 3.8) is 0 Å². The summed E-state index contributed by atoms with van der Waals surface area (Å²) in [6.07, 6.45) is 13.0. The maximum Gasteiger partial charge on any atom is 0.203 e. The molecule has 2 atom stereocenters. The molecule has 38 heavy (non-hydrogen) atoms. The molecule has 4 aliphatic heterocycles. The van der Waals surface area contributed by atoms with E-state index in [-0.39, 0.29) is 19.5 Å². The van der Waals surface area contributed by atoms with E-state index in [1.54, 1.807) is 0 Å². The lowest BCUT2D eigenvalue weighted by Crippen LogP contribution is -2.44. The molecule has 0 radical (unpaired) electrons. The van der Waals surface area contributed by atoms with Crippen LogP contribution < -0.4 is 5.32 Å². The normalized spacial score (nSPS) is 25.5. The van der Waals surface area contributed by atoms with Crippen molar-refractivity contribution in [1.29, 1.82) is 0 Å². The maximum atomic E-state index is 9.19. The standard InChI is InChI=1S/C28H39N5O5/c1-20-5-3-9-29-16-21-6-7-23-27(38-19-37-23)26(21)33-25(36-13-4-10-32(2)11-12-34)15-24-30-17-22(28(33)31-24)8-14-35-18-20/h3,6,9,15-16,20,23,34H,4-5,7-8,10-14,17-19H2,1-2H3,(H,30,31). The van der Waals surface area contributed by atoms with Gasteiger partial charge in [0.05, 0.1) is 32.1 Å². The lowest BCUT2D eigenvalue weighted by Gasteiger charge is -2.39. The third kappa shape index (κ3) is 6.20. The van der Waals surface area contributed by atoms with Crippen molar-refractivity contribution in [2.45, 2.75) is 38.7 Å². The minimum atomic E-state index is -0.139. The van der Waals surface area contributed by atoms with Gasteiger partial charge in [0.25, 0.3) is 0 Å². The summed E-state index contributed by atoms with van der Waals surface area (Å²) in [5.74, 6) is 3.62. The average molecular weight is 526 g/mol. The maximum absolute atomic E-state index is 9.19. The fraction of sp³-hybridized carbons (Fsp3) is 0.571. The largest absolute Gasteiger partial charge is 0.478 e. The molecule has 0 aromatic rings. The second-order valence-corrected chi connectivity index (χ2v) is 10.2. The molecule has 1 fully saturated rings. The van der Waals surface area contributed by atoms with Crippen LogP contribution in [0.3, 0.4) is 0 Å². The minimum Gasteiger partial charge on any atom is -0.478 e. The number of hydrogen-bond acceptors (Lipinski definition) is 10. The highest BCUT2D eigenvalue weighted by Gasteiger charge is 2.39. The van der Waals surface area contributed by atoms with E-state index >= 15 is 0 Å². The fourth-order valence-electron chi connectivity index (χ4n) is 5.01. The summed E-state index contributed by atoms with van der Waals surface area (Å²) in [6.45, 7) is 6.48. The SMILES string of the molecule is CC1CC=CN=CC2=CCC3OCOC3=C2N2C(OCCCN(C)CCO)=CC3=NCC(=C2N3)CCOC1. The number of aliphatic hydroxyl groups excluding tert-OH is 1. The van der Waals surface area contributed by atoms with Gasteiger partial charge in [0, 0.05) is 50.2 Å². The summed E-state index contributed by atoms with van der Waals surface area (Å²) < 4.78 is 24.4. The highest BCUT2D eigenvalue weighted by Crippen LogP contribution is 2.39.